The molecule has 0 aromatic carbocycles. The minimum atomic E-state index is -0.127. The first kappa shape index (κ1) is 15.0. The zero-order valence-electron chi connectivity index (χ0n) is 12.6. The van der Waals surface area contributed by atoms with Gasteiger partial charge in [-0.3, -0.25) is 4.79 Å². The van der Waals surface area contributed by atoms with E-state index in [-0.39, 0.29) is 11.9 Å². The third-order valence-electron chi connectivity index (χ3n) is 4.28. The lowest BCUT2D eigenvalue weighted by atomic mass is 10.0. The number of rotatable bonds is 5. The molecule has 112 valence electrons. The molecule has 20 heavy (non-hydrogen) atoms. The maximum atomic E-state index is 12.1. The molecule has 0 aliphatic carbocycles. The zero-order chi connectivity index (χ0) is 14.5. The summed E-state index contributed by atoms with van der Waals surface area (Å²) in [5.41, 5.74) is 0.415. The molecule has 1 aromatic heterocycles. The van der Waals surface area contributed by atoms with Crippen LogP contribution >= 0.6 is 0 Å². The summed E-state index contributed by atoms with van der Waals surface area (Å²) >= 11 is 0. The Bertz CT molecular complexity index is 439. The van der Waals surface area contributed by atoms with E-state index in [1.807, 2.05) is 11.6 Å². The van der Waals surface area contributed by atoms with E-state index in [4.69, 9.17) is 0 Å². The van der Waals surface area contributed by atoms with Crippen molar-refractivity contribution in [3.8, 4) is 0 Å². The number of piperidine rings is 1. The maximum Gasteiger partial charge on any atom is 0.273 e. The van der Waals surface area contributed by atoms with Crippen molar-refractivity contribution in [2.75, 3.05) is 13.1 Å². The normalized spacial score (nSPS) is 19.6. The molecule has 1 amide bonds. The van der Waals surface area contributed by atoms with Gasteiger partial charge in [0.1, 0.15) is 0 Å². The predicted molar refractivity (Wildman–Crippen MR) is 77.5 cm³/mol. The molecule has 2 rings (SSSR count). The number of carbonyl (C=O) groups excluding carboxylic acids is 1. The Morgan fingerprint density at radius 1 is 1.50 bits per heavy atom. The van der Waals surface area contributed by atoms with Crippen LogP contribution in [0.1, 0.15) is 56.6 Å². The quantitative estimate of drug-likeness (QED) is 0.854. The molecular weight excluding hydrogens is 254 g/mol. The maximum absolute atomic E-state index is 12.1. The minimum absolute atomic E-state index is 0.127. The first-order valence-corrected chi connectivity index (χ1v) is 7.55. The van der Waals surface area contributed by atoms with Crippen LogP contribution in [0.15, 0.2) is 6.20 Å². The van der Waals surface area contributed by atoms with Crippen molar-refractivity contribution in [3.63, 3.8) is 0 Å². The van der Waals surface area contributed by atoms with E-state index in [1.165, 1.54) is 0 Å². The summed E-state index contributed by atoms with van der Waals surface area (Å²) in [6.07, 6.45) is 4.89. The fourth-order valence-electron chi connectivity index (χ4n) is 2.41. The number of aromatic nitrogens is 3. The molecule has 0 spiro atoms. The van der Waals surface area contributed by atoms with Crippen LogP contribution in [0.4, 0.5) is 0 Å². The van der Waals surface area contributed by atoms with Gasteiger partial charge in [0.15, 0.2) is 5.69 Å². The van der Waals surface area contributed by atoms with Gasteiger partial charge in [-0.05, 0) is 38.8 Å². The number of hydrogen-bond donors (Lipinski definition) is 2. The lowest BCUT2D eigenvalue weighted by Crippen LogP contribution is -2.37. The van der Waals surface area contributed by atoms with Crippen LogP contribution in [0.5, 0.6) is 0 Å². The van der Waals surface area contributed by atoms with Crippen LogP contribution in [-0.2, 0) is 0 Å². The second-order valence-corrected chi connectivity index (χ2v) is 5.71. The molecule has 2 atom stereocenters. The number of amides is 1. The molecule has 2 unspecified atom stereocenters. The van der Waals surface area contributed by atoms with E-state index in [0.717, 1.165) is 32.4 Å². The van der Waals surface area contributed by atoms with Crippen LogP contribution in [0, 0.1) is 5.92 Å². The summed E-state index contributed by atoms with van der Waals surface area (Å²) in [7, 11) is 0. The standard InChI is InChI=1S/C14H25N5O/c1-4-10(2)11(3)16-14(20)13-9-19(18-17-13)12-5-7-15-8-6-12/h9-12,15H,4-8H2,1-3H3,(H,16,20). The third-order valence-corrected chi connectivity index (χ3v) is 4.28. The van der Waals surface area contributed by atoms with E-state index < -0.39 is 0 Å². The summed E-state index contributed by atoms with van der Waals surface area (Å²) in [6.45, 7) is 8.29. The highest BCUT2D eigenvalue weighted by atomic mass is 16.2. The number of carbonyl (C=O) groups is 1. The molecule has 1 aliphatic rings. The van der Waals surface area contributed by atoms with E-state index >= 15 is 0 Å². The van der Waals surface area contributed by atoms with Crippen LogP contribution in [0.3, 0.4) is 0 Å². The van der Waals surface area contributed by atoms with Gasteiger partial charge in [0, 0.05) is 6.04 Å². The van der Waals surface area contributed by atoms with Crippen LogP contribution < -0.4 is 10.6 Å². The smallest absolute Gasteiger partial charge is 0.273 e. The van der Waals surface area contributed by atoms with Gasteiger partial charge in [-0.2, -0.15) is 0 Å². The van der Waals surface area contributed by atoms with Gasteiger partial charge in [-0.25, -0.2) is 4.68 Å². The van der Waals surface area contributed by atoms with Gasteiger partial charge in [0.25, 0.3) is 5.91 Å². The van der Waals surface area contributed by atoms with Crippen molar-refractivity contribution in [2.24, 2.45) is 5.92 Å². The van der Waals surface area contributed by atoms with Crippen LogP contribution in [-0.4, -0.2) is 40.0 Å². The summed E-state index contributed by atoms with van der Waals surface area (Å²) in [6, 6.07) is 0.508. The molecule has 1 fully saturated rings. The fraction of sp³-hybridized carbons (Fsp3) is 0.786. The van der Waals surface area contributed by atoms with E-state index in [9.17, 15) is 4.79 Å². The Kier molecular flexibility index (Phi) is 5.11. The molecular formula is C14H25N5O. The van der Waals surface area contributed by atoms with Crippen molar-refractivity contribution in [2.45, 2.75) is 52.1 Å². The molecule has 0 bridgehead atoms. The average Bonchev–Trinajstić information content (AvgIpc) is 2.97. The van der Waals surface area contributed by atoms with Gasteiger partial charge >= 0.3 is 0 Å². The Labute approximate surface area is 120 Å². The molecule has 1 saturated heterocycles. The van der Waals surface area contributed by atoms with Crippen molar-refractivity contribution in [1.82, 2.24) is 25.6 Å². The van der Waals surface area contributed by atoms with E-state index in [2.05, 4.69) is 34.8 Å². The lowest BCUT2D eigenvalue weighted by Gasteiger charge is -2.22. The second kappa shape index (κ2) is 6.83. The predicted octanol–water partition coefficient (Wildman–Crippen LogP) is 1.37. The highest BCUT2D eigenvalue weighted by Gasteiger charge is 2.20. The highest BCUT2D eigenvalue weighted by Crippen LogP contribution is 2.17. The first-order chi connectivity index (χ1) is 9.61. The monoisotopic (exact) mass is 279 g/mol. The lowest BCUT2D eigenvalue weighted by molar-refractivity contribution is 0.0923. The highest BCUT2D eigenvalue weighted by molar-refractivity contribution is 5.92. The largest absolute Gasteiger partial charge is 0.348 e. The van der Waals surface area contributed by atoms with E-state index in [1.54, 1.807) is 6.20 Å². The summed E-state index contributed by atoms with van der Waals surface area (Å²) in [5, 5.41) is 14.4. The first-order valence-electron chi connectivity index (χ1n) is 7.55. The van der Waals surface area contributed by atoms with Crippen LogP contribution in [0.2, 0.25) is 0 Å². The van der Waals surface area contributed by atoms with Crippen LogP contribution in [0.25, 0.3) is 0 Å². The van der Waals surface area contributed by atoms with Crippen molar-refractivity contribution in [1.29, 1.82) is 0 Å². The second-order valence-electron chi connectivity index (χ2n) is 5.71. The summed E-state index contributed by atoms with van der Waals surface area (Å²) in [5.74, 6) is 0.330. The van der Waals surface area contributed by atoms with Gasteiger partial charge < -0.3 is 10.6 Å². The molecule has 2 N–H and O–H groups in total. The number of hydrogen-bond acceptors (Lipinski definition) is 4. The van der Waals surface area contributed by atoms with Gasteiger partial charge in [0.05, 0.1) is 12.2 Å². The third kappa shape index (κ3) is 3.56. The average molecular weight is 279 g/mol. The Morgan fingerprint density at radius 3 is 2.85 bits per heavy atom. The summed E-state index contributed by atoms with van der Waals surface area (Å²) < 4.78 is 1.84. The molecule has 2 heterocycles. The fourth-order valence-corrected chi connectivity index (χ4v) is 2.41. The molecule has 1 aromatic rings. The Hall–Kier alpha value is -1.43. The SMILES string of the molecule is CCC(C)C(C)NC(=O)c1cn(C2CCNCC2)nn1. The summed E-state index contributed by atoms with van der Waals surface area (Å²) in [4.78, 5) is 12.1. The molecule has 6 nitrogen and oxygen atoms in total. The molecule has 6 heteroatoms. The van der Waals surface area contributed by atoms with Crippen molar-refractivity contribution >= 4 is 5.91 Å². The number of nitrogens with one attached hydrogen (secondary N) is 2. The zero-order valence-corrected chi connectivity index (χ0v) is 12.6. The van der Waals surface area contributed by atoms with Gasteiger partial charge in [0.2, 0.25) is 0 Å². The van der Waals surface area contributed by atoms with Gasteiger partial charge in [-0.1, -0.05) is 25.5 Å². The van der Waals surface area contributed by atoms with Crippen molar-refractivity contribution in [3.05, 3.63) is 11.9 Å². The topological polar surface area (TPSA) is 71.8 Å². The van der Waals surface area contributed by atoms with Crippen molar-refractivity contribution < 1.29 is 4.79 Å². The molecule has 1 aliphatic heterocycles. The Balaban J connectivity index is 1.95. The molecule has 0 saturated carbocycles. The Morgan fingerprint density at radius 2 is 2.20 bits per heavy atom. The van der Waals surface area contributed by atoms with E-state index in [0.29, 0.717) is 17.7 Å². The van der Waals surface area contributed by atoms with Gasteiger partial charge in [-0.15, -0.1) is 5.10 Å². The molecule has 0 radical (unpaired) electrons. The number of nitrogens with zero attached hydrogens (tertiary/aromatic N) is 3. The minimum Gasteiger partial charge on any atom is -0.348 e.